The molecule has 0 radical (unpaired) electrons. The Balaban J connectivity index is 2.55. The Bertz CT molecular complexity index is 399. The monoisotopic (exact) mass is 204 g/mol. The molecule has 15 heavy (non-hydrogen) atoms. The van der Waals surface area contributed by atoms with Gasteiger partial charge in [0, 0.05) is 6.04 Å². The highest BCUT2D eigenvalue weighted by Crippen LogP contribution is 2.33. The first-order valence-corrected chi connectivity index (χ1v) is 5.27. The topological polar surface area (TPSA) is 32.3 Å². The van der Waals surface area contributed by atoms with Crippen LogP contribution in [0.2, 0.25) is 0 Å². The molecule has 2 rings (SSSR count). The van der Waals surface area contributed by atoms with Gasteiger partial charge in [-0.1, -0.05) is 12.1 Å². The smallest absolute Gasteiger partial charge is 0.246 e. The fourth-order valence-corrected chi connectivity index (χ4v) is 2.05. The Morgan fingerprint density at radius 3 is 2.80 bits per heavy atom. The molecule has 0 fully saturated rings. The number of amides is 1. The van der Waals surface area contributed by atoms with E-state index in [4.69, 9.17) is 0 Å². The Morgan fingerprint density at radius 2 is 2.13 bits per heavy atom. The Hall–Kier alpha value is -1.51. The number of hydrogen-bond acceptors (Lipinski definition) is 2. The van der Waals surface area contributed by atoms with Gasteiger partial charge in [-0.05, 0) is 32.4 Å². The van der Waals surface area contributed by atoms with Crippen molar-refractivity contribution in [3.8, 4) is 0 Å². The number of aryl methyl sites for hydroxylation is 1. The van der Waals surface area contributed by atoms with Crippen LogP contribution in [0, 0.1) is 6.92 Å². The summed E-state index contributed by atoms with van der Waals surface area (Å²) in [4.78, 5) is 13.7. The van der Waals surface area contributed by atoms with Crippen LogP contribution < -0.4 is 10.2 Å². The van der Waals surface area contributed by atoms with Gasteiger partial charge in [0.05, 0.1) is 17.9 Å². The van der Waals surface area contributed by atoms with Gasteiger partial charge in [0.2, 0.25) is 5.91 Å². The number of anilines is 2. The van der Waals surface area contributed by atoms with E-state index >= 15 is 0 Å². The van der Waals surface area contributed by atoms with Gasteiger partial charge in [-0.25, -0.2) is 0 Å². The molecule has 0 saturated carbocycles. The van der Waals surface area contributed by atoms with E-state index in [0.29, 0.717) is 6.54 Å². The van der Waals surface area contributed by atoms with Crippen molar-refractivity contribution < 1.29 is 4.79 Å². The van der Waals surface area contributed by atoms with Crippen LogP contribution in [0.5, 0.6) is 0 Å². The van der Waals surface area contributed by atoms with Crippen molar-refractivity contribution >= 4 is 17.3 Å². The number of rotatable bonds is 1. The number of fused-ring (bicyclic) bond motifs is 1. The Labute approximate surface area is 90.1 Å². The zero-order chi connectivity index (χ0) is 11.0. The van der Waals surface area contributed by atoms with Crippen LogP contribution in [0.4, 0.5) is 11.4 Å². The summed E-state index contributed by atoms with van der Waals surface area (Å²) in [5.41, 5.74) is 3.23. The minimum absolute atomic E-state index is 0.145. The molecule has 1 amide bonds. The lowest BCUT2D eigenvalue weighted by atomic mass is 10.1. The molecule has 3 nitrogen and oxygen atoms in total. The van der Waals surface area contributed by atoms with E-state index in [1.807, 2.05) is 43.9 Å². The number of nitrogens with one attached hydrogen (secondary N) is 1. The van der Waals surface area contributed by atoms with Gasteiger partial charge < -0.3 is 10.2 Å². The van der Waals surface area contributed by atoms with Gasteiger partial charge in [0.15, 0.2) is 0 Å². The SMILES string of the molecule is Cc1cccc2c1N(C(C)C)C(=O)CN2. The highest BCUT2D eigenvalue weighted by atomic mass is 16.2. The van der Waals surface area contributed by atoms with Crippen LogP contribution in [0.15, 0.2) is 18.2 Å². The molecule has 0 bridgehead atoms. The predicted octanol–water partition coefficient (Wildman–Crippen LogP) is 2.16. The maximum Gasteiger partial charge on any atom is 0.246 e. The molecule has 1 aliphatic rings. The molecule has 1 aromatic rings. The van der Waals surface area contributed by atoms with Crippen LogP contribution in [-0.4, -0.2) is 18.5 Å². The van der Waals surface area contributed by atoms with Crippen LogP contribution >= 0.6 is 0 Å². The average Bonchev–Trinajstić information content (AvgIpc) is 2.18. The lowest BCUT2D eigenvalue weighted by Crippen LogP contribution is -2.44. The fourth-order valence-electron chi connectivity index (χ4n) is 2.05. The van der Waals surface area contributed by atoms with Crippen molar-refractivity contribution in [3.05, 3.63) is 23.8 Å². The second kappa shape index (κ2) is 3.57. The molecule has 1 aliphatic heterocycles. The van der Waals surface area contributed by atoms with E-state index in [9.17, 15) is 4.79 Å². The molecule has 3 heteroatoms. The number of benzene rings is 1. The zero-order valence-electron chi connectivity index (χ0n) is 9.37. The van der Waals surface area contributed by atoms with Crippen LogP contribution in [-0.2, 0) is 4.79 Å². The minimum Gasteiger partial charge on any atom is -0.374 e. The molecule has 80 valence electrons. The van der Waals surface area contributed by atoms with Gasteiger partial charge in [-0.2, -0.15) is 0 Å². The van der Waals surface area contributed by atoms with E-state index in [2.05, 4.69) is 5.32 Å². The number of nitrogens with zero attached hydrogens (tertiary/aromatic N) is 1. The largest absolute Gasteiger partial charge is 0.374 e. The molecule has 0 unspecified atom stereocenters. The highest BCUT2D eigenvalue weighted by molar-refractivity contribution is 6.03. The van der Waals surface area contributed by atoms with Gasteiger partial charge in [-0.3, -0.25) is 4.79 Å². The summed E-state index contributed by atoms with van der Waals surface area (Å²) >= 11 is 0. The maximum atomic E-state index is 11.8. The first-order valence-electron chi connectivity index (χ1n) is 5.27. The molecular weight excluding hydrogens is 188 g/mol. The van der Waals surface area contributed by atoms with Crippen molar-refractivity contribution in [3.63, 3.8) is 0 Å². The predicted molar refractivity (Wildman–Crippen MR) is 62.3 cm³/mol. The summed E-state index contributed by atoms with van der Waals surface area (Å²) in [6, 6.07) is 6.27. The molecule has 0 saturated heterocycles. The molecule has 0 aromatic heterocycles. The second-order valence-corrected chi connectivity index (χ2v) is 4.18. The first kappa shape index (κ1) is 10.0. The molecule has 0 spiro atoms. The summed E-state index contributed by atoms with van der Waals surface area (Å²) in [7, 11) is 0. The highest BCUT2D eigenvalue weighted by Gasteiger charge is 2.26. The summed E-state index contributed by atoms with van der Waals surface area (Å²) in [5.74, 6) is 0.145. The minimum atomic E-state index is 0.145. The fraction of sp³-hybridized carbons (Fsp3) is 0.417. The summed E-state index contributed by atoms with van der Waals surface area (Å²) in [6.07, 6.45) is 0. The van der Waals surface area contributed by atoms with E-state index in [1.54, 1.807) is 0 Å². The molecule has 0 atom stereocenters. The molecule has 0 aliphatic carbocycles. The van der Waals surface area contributed by atoms with Crippen molar-refractivity contribution in [2.24, 2.45) is 0 Å². The van der Waals surface area contributed by atoms with Crippen molar-refractivity contribution in [1.82, 2.24) is 0 Å². The van der Waals surface area contributed by atoms with Gasteiger partial charge in [-0.15, -0.1) is 0 Å². The summed E-state index contributed by atoms with van der Waals surface area (Å²) in [6.45, 7) is 6.52. The number of para-hydroxylation sites is 1. The van der Waals surface area contributed by atoms with Crippen molar-refractivity contribution in [1.29, 1.82) is 0 Å². The third kappa shape index (κ3) is 1.58. The summed E-state index contributed by atoms with van der Waals surface area (Å²) in [5, 5.41) is 3.15. The number of carbonyl (C=O) groups excluding carboxylic acids is 1. The van der Waals surface area contributed by atoms with Crippen LogP contribution in [0.3, 0.4) is 0 Å². The van der Waals surface area contributed by atoms with Gasteiger partial charge in [0.1, 0.15) is 0 Å². The lowest BCUT2D eigenvalue weighted by molar-refractivity contribution is -0.117. The molecular formula is C12H16N2O. The normalized spacial score (nSPS) is 15.2. The maximum absolute atomic E-state index is 11.8. The number of carbonyl (C=O) groups is 1. The molecule has 1 aromatic carbocycles. The van der Waals surface area contributed by atoms with E-state index in [0.717, 1.165) is 16.9 Å². The van der Waals surface area contributed by atoms with E-state index in [-0.39, 0.29) is 11.9 Å². The van der Waals surface area contributed by atoms with Crippen LogP contribution in [0.25, 0.3) is 0 Å². The van der Waals surface area contributed by atoms with Gasteiger partial charge >= 0.3 is 0 Å². The molecule has 1 N–H and O–H groups in total. The zero-order valence-corrected chi connectivity index (χ0v) is 9.37. The van der Waals surface area contributed by atoms with Crippen LogP contribution in [0.1, 0.15) is 19.4 Å². The third-order valence-electron chi connectivity index (χ3n) is 2.69. The molecule has 1 heterocycles. The Kier molecular flexibility index (Phi) is 2.39. The third-order valence-corrected chi connectivity index (χ3v) is 2.69. The number of hydrogen-bond donors (Lipinski definition) is 1. The standard InChI is InChI=1S/C12H16N2O/c1-8(2)14-11(15)7-13-10-6-4-5-9(3)12(10)14/h4-6,8,13H,7H2,1-3H3. The van der Waals surface area contributed by atoms with Gasteiger partial charge in [0.25, 0.3) is 0 Å². The van der Waals surface area contributed by atoms with E-state index < -0.39 is 0 Å². The summed E-state index contributed by atoms with van der Waals surface area (Å²) < 4.78 is 0. The second-order valence-electron chi connectivity index (χ2n) is 4.18. The lowest BCUT2D eigenvalue weighted by Gasteiger charge is -2.34. The van der Waals surface area contributed by atoms with E-state index in [1.165, 1.54) is 0 Å². The van der Waals surface area contributed by atoms with Crippen molar-refractivity contribution in [2.45, 2.75) is 26.8 Å². The average molecular weight is 204 g/mol. The Morgan fingerprint density at radius 1 is 1.40 bits per heavy atom. The quantitative estimate of drug-likeness (QED) is 0.760. The van der Waals surface area contributed by atoms with Crippen molar-refractivity contribution in [2.75, 3.05) is 16.8 Å². The first-order chi connectivity index (χ1) is 7.11.